The Kier molecular flexibility index (Phi) is 6.64. The maximum Gasteiger partial charge on any atom is 0.243 e. The van der Waals surface area contributed by atoms with Crippen LogP contribution in [0.3, 0.4) is 0 Å². The van der Waals surface area contributed by atoms with E-state index in [0.717, 1.165) is 11.3 Å². The van der Waals surface area contributed by atoms with Gasteiger partial charge in [0.05, 0.1) is 23.1 Å². The summed E-state index contributed by atoms with van der Waals surface area (Å²) < 4.78 is 29.2. The zero-order valence-electron chi connectivity index (χ0n) is 17.7. The molecule has 1 saturated heterocycles. The largest absolute Gasteiger partial charge is 0.311 e. The summed E-state index contributed by atoms with van der Waals surface area (Å²) in [5.74, 6) is -0.0320. The van der Waals surface area contributed by atoms with Gasteiger partial charge in [0.25, 0.3) is 0 Å². The van der Waals surface area contributed by atoms with Gasteiger partial charge in [-0.25, -0.2) is 13.1 Å². The number of nitrogens with zero attached hydrogens (tertiary/aromatic N) is 3. The second-order valence-corrected chi connectivity index (χ2v) is 10.3. The molecule has 1 aromatic heterocycles. The number of piperidine rings is 1. The number of carbonyl (C=O) groups excluding carboxylic acids is 1. The summed E-state index contributed by atoms with van der Waals surface area (Å²) >= 11 is 5.89. The number of hydrogen-bond donors (Lipinski definition) is 1. The highest BCUT2D eigenvalue weighted by atomic mass is 35.5. The monoisotopic (exact) mass is 472 g/mol. The first-order chi connectivity index (χ1) is 15.3. The number of benzene rings is 2. The maximum absolute atomic E-state index is 13.0. The van der Waals surface area contributed by atoms with Gasteiger partial charge in [-0.05, 0) is 49.6 Å². The van der Waals surface area contributed by atoms with Crippen LogP contribution < -0.4 is 5.32 Å². The van der Waals surface area contributed by atoms with Crippen LogP contribution >= 0.6 is 11.6 Å². The number of rotatable bonds is 6. The van der Waals surface area contributed by atoms with Crippen molar-refractivity contribution in [3.05, 3.63) is 76.9 Å². The minimum atomic E-state index is -3.69. The number of halogens is 1. The first-order valence-corrected chi connectivity index (χ1v) is 12.3. The van der Waals surface area contributed by atoms with Gasteiger partial charge < -0.3 is 5.32 Å². The van der Waals surface area contributed by atoms with Crippen molar-refractivity contribution in [3.8, 4) is 0 Å². The Bertz CT molecular complexity index is 1190. The van der Waals surface area contributed by atoms with Crippen LogP contribution in [-0.2, 0) is 21.4 Å². The van der Waals surface area contributed by atoms with Crippen molar-refractivity contribution in [1.29, 1.82) is 0 Å². The van der Waals surface area contributed by atoms with Crippen molar-refractivity contribution in [3.63, 3.8) is 0 Å². The topological polar surface area (TPSA) is 84.3 Å². The molecule has 3 aromatic rings. The van der Waals surface area contributed by atoms with E-state index < -0.39 is 15.9 Å². The Morgan fingerprint density at radius 3 is 2.59 bits per heavy atom. The number of amides is 1. The fraction of sp³-hybridized carbons (Fsp3) is 0.304. The molecule has 2 heterocycles. The van der Waals surface area contributed by atoms with E-state index in [9.17, 15) is 13.2 Å². The minimum Gasteiger partial charge on any atom is -0.311 e. The Balaban J connectivity index is 1.47. The van der Waals surface area contributed by atoms with Crippen molar-refractivity contribution in [1.82, 2.24) is 14.1 Å². The third kappa shape index (κ3) is 5.03. The lowest BCUT2D eigenvalue weighted by atomic mass is 9.99. The second kappa shape index (κ2) is 9.44. The van der Waals surface area contributed by atoms with Gasteiger partial charge >= 0.3 is 0 Å². The highest BCUT2D eigenvalue weighted by Gasteiger charge is 2.33. The van der Waals surface area contributed by atoms with Crippen molar-refractivity contribution in [2.24, 2.45) is 5.92 Å². The molecule has 1 atom stereocenters. The van der Waals surface area contributed by atoms with Crippen molar-refractivity contribution >= 4 is 33.3 Å². The minimum absolute atomic E-state index is 0.141. The molecular formula is C23H25ClN4O3S. The number of nitrogens with one attached hydrogen (secondary N) is 1. The Labute approximate surface area is 193 Å². The zero-order valence-corrected chi connectivity index (χ0v) is 19.3. The smallest absolute Gasteiger partial charge is 0.243 e. The van der Waals surface area contributed by atoms with E-state index in [2.05, 4.69) is 10.4 Å². The number of anilines is 1. The SMILES string of the molecule is Cc1cc(NC(=O)C2CCCN(S(=O)(=O)c3ccc(Cl)cc3)C2)n(Cc2ccccc2)n1. The third-order valence-corrected chi connectivity index (χ3v) is 7.67. The molecule has 168 valence electrons. The fourth-order valence-corrected chi connectivity index (χ4v) is 5.53. The summed E-state index contributed by atoms with van der Waals surface area (Å²) in [6, 6.07) is 17.8. The lowest BCUT2D eigenvalue weighted by molar-refractivity contribution is -0.120. The van der Waals surface area contributed by atoms with Crippen molar-refractivity contribution in [2.75, 3.05) is 18.4 Å². The van der Waals surface area contributed by atoms with Gasteiger partial charge in [0, 0.05) is 24.2 Å². The van der Waals surface area contributed by atoms with E-state index in [0.29, 0.717) is 36.8 Å². The molecule has 1 N–H and O–H groups in total. The molecule has 9 heteroatoms. The van der Waals surface area contributed by atoms with Crippen LogP contribution in [0.25, 0.3) is 0 Å². The average Bonchev–Trinajstić information content (AvgIpc) is 3.13. The van der Waals surface area contributed by atoms with E-state index in [-0.39, 0.29) is 17.3 Å². The summed E-state index contributed by atoms with van der Waals surface area (Å²) in [7, 11) is -3.69. The number of aryl methyl sites for hydroxylation is 1. The number of aromatic nitrogens is 2. The van der Waals surface area contributed by atoms with E-state index in [1.807, 2.05) is 43.3 Å². The first-order valence-electron chi connectivity index (χ1n) is 10.5. The van der Waals surface area contributed by atoms with Gasteiger partial charge in [0.2, 0.25) is 15.9 Å². The molecule has 0 radical (unpaired) electrons. The summed E-state index contributed by atoms with van der Waals surface area (Å²) in [5, 5.41) is 7.93. The van der Waals surface area contributed by atoms with Crippen molar-refractivity contribution < 1.29 is 13.2 Å². The van der Waals surface area contributed by atoms with E-state index >= 15 is 0 Å². The molecule has 0 aliphatic carbocycles. The molecule has 0 spiro atoms. The summed E-state index contributed by atoms with van der Waals surface area (Å²) in [6.07, 6.45) is 1.25. The van der Waals surface area contributed by atoms with E-state index in [1.165, 1.54) is 16.4 Å². The molecule has 1 fully saturated rings. The zero-order chi connectivity index (χ0) is 22.7. The lowest BCUT2D eigenvalue weighted by Crippen LogP contribution is -2.43. The van der Waals surface area contributed by atoms with Crippen LogP contribution in [0.2, 0.25) is 5.02 Å². The average molecular weight is 473 g/mol. The normalized spacial score (nSPS) is 17.2. The van der Waals surface area contributed by atoms with Crippen LogP contribution in [-0.4, -0.2) is 41.5 Å². The fourth-order valence-electron chi connectivity index (χ4n) is 3.88. The summed E-state index contributed by atoms with van der Waals surface area (Å²) in [6.45, 7) is 2.94. The molecule has 0 saturated carbocycles. The molecule has 2 aromatic carbocycles. The van der Waals surface area contributed by atoms with Crippen LogP contribution in [0.5, 0.6) is 0 Å². The van der Waals surface area contributed by atoms with Gasteiger partial charge in [-0.2, -0.15) is 9.40 Å². The van der Waals surface area contributed by atoms with E-state index in [1.54, 1.807) is 16.8 Å². The molecule has 32 heavy (non-hydrogen) atoms. The highest BCUT2D eigenvalue weighted by Crippen LogP contribution is 2.26. The summed E-state index contributed by atoms with van der Waals surface area (Å²) in [5.41, 5.74) is 1.87. The Morgan fingerprint density at radius 1 is 1.16 bits per heavy atom. The molecule has 4 rings (SSSR count). The van der Waals surface area contributed by atoms with Gasteiger partial charge in [-0.1, -0.05) is 41.9 Å². The van der Waals surface area contributed by atoms with Crippen LogP contribution in [0.1, 0.15) is 24.1 Å². The van der Waals surface area contributed by atoms with Crippen LogP contribution in [0.15, 0.2) is 65.6 Å². The number of carbonyl (C=O) groups is 1. The number of sulfonamides is 1. The highest BCUT2D eigenvalue weighted by molar-refractivity contribution is 7.89. The quantitative estimate of drug-likeness (QED) is 0.589. The van der Waals surface area contributed by atoms with E-state index in [4.69, 9.17) is 11.6 Å². The molecule has 1 unspecified atom stereocenters. The molecule has 0 bridgehead atoms. The van der Waals surface area contributed by atoms with Crippen molar-refractivity contribution in [2.45, 2.75) is 31.2 Å². The first kappa shape index (κ1) is 22.5. The third-order valence-electron chi connectivity index (χ3n) is 5.53. The lowest BCUT2D eigenvalue weighted by Gasteiger charge is -2.31. The van der Waals surface area contributed by atoms with Crippen LogP contribution in [0.4, 0.5) is 5.82 Å². The molecule has 1 amide bonds. The van der Waals surface area contributed by atoms with Gasteiger partial charge in [-0.15, -0.1) is 0 Å². The second-order valence-electron chi connectivity index (χ2n) is 7.96. The van der Waals surface area contributed by atoms with Crippen LogP contribution in [0, 0.1) is 12.8 Å². The Morgan fingerprint density at radius 2 is 1.88 bits per heavy atom. The van der Waals surface area contributed by atoms with Gasteiger partial charge in [0.1, 0.15) is 5.82 Å². The standard InChI is InChI=1S/C23H25ClN4O3S/c1-17-14-22(28(26-17)15-18-6-3-2-4-7-18)25-23(29)19-8-5-13-27(16-19)32(30,31)21-11-9-20(24)10-12-21/h2-4,6-7,9-12,14,19H,5,8,13,15-16H2,1H3,(H,25,29). The maximum atomic E-state index is 13.0. The molecular weight excluding hydrogens is 448 g/mol. The van der Waals surface area contributed by atoms with Gasteiger partial charge in [-0.3, -0.25) is 4.79 Å². The van der Waals surface area contributed by atoms with Gasteiger partial charge in [0.15, 0.2) is 0 Å². The molecule has 7 nitrogen and oxygen atoms in total. The summed E-state index contributed by atoms with van der Waals surface area (Å²) in [4.78, 5) is 13.2. The molecule has 1 aliphatic heterocycles. The molecule has 1 aliphatic rings. The predicted molar refractivity (Wildman–Crippen MR) is 124 cm³/mol. The Hall–Kier alpha value is -2.68. The number of hydrogen-bond acceptors (Lipinski definition) is 4. The predicted octanol–water partition coefficient (Wildman–Crippen LogP) is 3.93.